The number of hydrogen-bond acceptors (Lipinski definition) is 3. The molecule has 0 saturated carbocycles. The lowest BCUT2D eigenvalue weighted by molar-refractivity contribution is -0.116. The SMILES string of the molecule is CCCCCCC(=O)Nc1ccc2nc(C)c(C)nc2c1. The van der Waals surface area contributed by atoms with E-state index in [1.54, 1.807) is 0 Å². The highest BCUT2D eigenvalue weighted by atomic mass is 16.1. The summed E-state index contributed by atoms with van der Waals surface area (Å²) in [6.45, 7) is 6.06. The predicted molar refractivity (Wildman–Crippen MR) is 86.4 cm³/mol. The van der Waals surface area contributed by atoms with Crippen LogP contribution in [0.1, 0.15) is 50.4 Å². The Bertz CT molecular complexity index is 637. The topological polar surface area (TPSA) is 54.9 Å². The maximum atomic E-state index is 11.9. The van der Waals surface area contributed by atoms with Gasteiger partial charge in [-0.3, -0.25) is 4.79 Å². The highest BCUT2D eigenvalue weighted by Gasteiger charge is 2.05. The summed E-state index contributed by atoms with van der Waals surface area (Å²) in [7, 11) is 0. The highest BCUT2D eigenvalue weighted by Crippen LogP contribution is 2.18. The molecule has 0 bridgehead atoms. The van der Waals surface area contributed by atoms with Crippen LogP contribution in [-0.4, -0.2) is 15.9 Å². The van der Waals surface area contributed by atoms with Crippen LogP contribution < -0.4 is 5.32 Å². The quantitative estimate of drug-likeness (QED) is 0.811. The number of aromatic nitrogens is 2. The van der Waals surface area contributed by atoms with Crippen LogP contribution >= 0.6 is 0 Å². The van der Waals surface area contributed by atoms with E-state index in [0.717, 1.165) is 41.0 Å². The van der Waals surface area contributed by atoms with Crippen LogP contribution in [0, 0.1) is 13.8 Å². The molecule has 2 aromatic rings. The Balaban J connectivity index is 2.02. The Hall–Kier alpha value is -1.97. The summed E-state index contributed by atoms with van der Waals surface area (Å²) in [5, 5.41) is 2.94. The minimum atomic E-state index is 0.0715. The molecule has 2 rings (SSSR count). The fraction of sp³-hybridized carbons (Fsp3) is 0.471. The molecule has 0 unspecified atom stereocenters. The van der Waals surface area contributed by atoms with Crippen molar-refractivity contribution in [3.05, 3.63) is 29.6 Å². The van der Waals surface area contributed by atoms with E-state index >= 15 is 0 Å². The lowest BCUT2D eigenvalue weighted by Crippen LogP contribution is -2.11. The van der Waals surface area contributed by atoms with Crippen LogP contribution in [0.5, 0.6) is 0 Å². The number of amides is 1. The number of anilines is 1. The molecule has 0 spiro atoms. The van der Waals surface area contributed by atoms with E-state index in [2.05, 4.69) is 22.2 Å². The first-order valence-corrected chi connectivity index (χ1v) is 7.65. The van der Waals surface area contributed by atoms with E-state index in [1.807, 2.05) is 32.0 Å². The zero-order valence-corrected chi connectivity index (χ0v) is 13.1. The third-order valence-electron chi connectivity index (χ3n) is 3.62. The molecular formula is C17H23N3O. The summed E-state index contributed by atoms with van der Waals surface area (Å²) in [6, 6.07) is 5.68. The molecule has 1 N–H and O–H groups in total. The number of nitrogens with zero attached hydrogens (tertiary/aromatic N) is 2. The molecule has 0 fully saturated rings. The van der Waals surface area contributed by atoms with Gasteiger partial charge in [-0.25, -0.2) is 9.97 Å². The smallest absolute Gasteiger partial charge is 0.224 e. The van der Waals surface area contributed by atoms with E-state index in [4.69, 9.17) is 0 Å². The normalized spacial score (nSPS) is 10.8. The molecule has 1 aromatic carbocycles. The van der Waals surface area contributed by atoms with Gasteiger partial charge in [-0.05, 0) is 38.5 Å². The molecule has 0 saturated heterocycles. The number of carbonyl (C=O) groups excluding carboxylic acids is 1. The molecule has 0 aliphatic carbocycles. The summed E-state index contributed by atoms with van der Waals surface area (Å²) in [5.41, 5.74) is 4.34. The second-order valence-corrected chi connectivity index (χ2v) is 5.46. The summed E-state index contributed by atoms with van der Waals surface area (Å²) in [6.07, 6.45) is 5.02. The van der Waals surface area contributed by atoms with Crippen LogP contribution in [0.3, 0.4) is 0 Å². The first kappa shape index (κ1) is 15.4. The Labute approximate surface area is 126 Å². The minimum Gasteiger partial charge on any atom is -0.326 e. The average Bonchev–Trinajstić information content (AvgIpc) is 2.45. The summed E-state index contributed by atoms with van der Waals surface area (Å²) in [4.78, 5) is 20.9. The molecule has 1 heterocycles. The maximum Gasteiger partial charge on any atom is 0.224 e. The van der Waals surface area contributed by atoms with Crippen molar-refractivity contribution in [2.75, 3.05) is 5.32 Å². The second kappa shape index (κ2) is 7.16. The molecule has 4 nitrogen and oxygen atoms in total. The summed E-state index contributed by atoms with van der Waals surface area (Å²) in [5.74, 6) is 0.0715. The summed E-state index contributed by atoms with van der Waals surface area (Å²) >= 11 is 0. The number of hydrogen-bond donors (Lipinski definition) is 1. The standard InChI is InChI=1S/C17H23N3O/c1-4-5-6-7-8-17(21)20-14-9-10-15-16(11-14)19-13(3)12(2)18-15/h9-11H,4-8H2,1-3H3,(H,20,21). The van der Waals surface area contributed by atoms with Gasteiger partial charge < -0.3 is 5.32 Å². The number of benzene rings is 1. The van der Waals surface area contributed by atoms with Gasteiger partial charge >= 0.3 is 0 Å². The summed E-state index contributed by atoms with van der Waals surface area (Å²) < 4.78 is 0. The van der Waals surface area contributed by atoms with Crippen molar-refractivity contribution < 1.29 is 4.79 Å². The third-order valence-corrected chi connectivity index (χ3v) is 3.62. The van der Waals surface area contributed by atoms with Gasteiger partial charge in [-0.15, -0.1) is 0 Å². The minimum absolute atomic E-state index is 0.0715. The number of fused-ring (bicyclic) bond motifs is 1. The van der Waals surface area contributed by atoms with E-state index in [9.17, 15) is 4.79 Å². The molecule has 4 heteroatoms. The molecule has 112 valence electrons. The van der Waals surface area contributed by atoms with Crippen LogP contribution in [0.25, 0.3) is 11.0 Å². The van der Waals surface area contributed by atoms with Crippen molar-refractivity contribution in [3.63, 3.8) is 0 Å². The zero-order valence-electron chi connectivity index (χ0n) is 13.1. The third kappa shape index (κ3) is 4.25. The molecule has 0 aliphatic rings. The van der Waals surface area contributed by atoms with E-state index in [1.165, 1.54) is 12.8 Å². The van der Waals surface area contributed by atoms with Crippen molar-refractivity contribution >= 4 is 22.6 Å². The number of nitrogens with one attached hydrogen (secondary N) is 1. The van der Waals surface area contributed by atoms with E-state index in [0.29, 0.717) is 6.42 Å². The first-order valence-electron chi connectivity index (χ1n) is 7.65. The van der Waals surface area contributed by atoms with Crippen molar-refractivity contribution in [2.45, 2.75) is 52.9 Å². The van der Waals surface area contributed by atoms with Crippen molar-refractivity contribution in [1.29, 1.82) is 0 Å². The molecule has 0 radical (unpaired) electrons. The molecule has 0 aliphatic heterocycles. The molecule has 21 heavy (non-hydrogen) atoms. The van der Waals surface area contributed by atoms with E-state index < -0.39 is 0 Å². The molecule has 1 aromatic heterocycles. The van der Waals surface area contributed by atoms with Gasteiger partial charge in [0, 0.05) is 12.1 Å². The Morgan fingerprint density at radius 3 is 2.48 bits per heavy atom. The number of aryl methyl sites for hydroxylation is 2. The Kier molecular flexibility index (Phi) is 5.26. The average molecular weight is 285 g/mol. The predicted octanol–water partition coefficient (Wildman–Crippen LogP) is 4.16. The van der Waals surface area contributed by atoms with Crippen LogP contribution in [-0.2, 0) is 4.79 Å². The van der Waals surface area contributed by atoms with Gasteiger partial charge in [0.15, 0.2) is 0 Å². The molecule has 1 amide bonds. The molecular weight excluding hydrogens is 262 g/mol. The number of unbranched alkanes of at least 4 members (excludes halogenated alkanes) is 3. The van der Waals surface area contributed by atoms with Gasteiger partial charge in [0.1, 0.15) is 0 Å². The largest absolute Gasteiger partial charge is 0.326 e. The lowest BCUT2D eigenvalue weighted by Gasteiger charge is -2.07. The molecule has 0 atom stereocenters. The zero-order chi connectivity index (χ0) is 15.2. The van der Waals surface area contributed by atoms with Crippen molar-refractivity contribution in [2.24, 2.45) is 0 Å². The van der Waals surface area contributed by atoms with Gasteiger partial charge in [-0.2, -0.15) is 0 Å². The van der Waals surface area contributed by atoms with Gasteiger partial charge in [0.2, 0.25) is 5.91 Å². The Morgan fingerprint density at radius 2 is 1.76 bits per heavy atom. The van der Waals surface area contributed by atoms with Crippen LogP contribution in [0.2, 0.25) is 0 Å². The van der Waals surface area contributed by atoms with Gasteiger partial charge in [0.25, 0.3) is 0 Å². The second-order valence-electron chi connectivity index (χ2n) is 5.46. The Morgan fingerprint density at radius 1 is 1.05 bits per heavy atom. The maximum absolute atomic E-state index is 11.9. The van der Waals surface area contributed by atoms with Crippen LogP contribution in [0.4, 0.5) is 5.69 Å². The fourth-order valence-electron chi connectivity index (χ4n) is 2.24. The fourth-order valence-corrected chi connectivity index (χ4v) is 2.24. The van der Waals surface area contributed by atoms with Crippen LogP contribution in [0.15, 0.2) is 18.2 Å². The number of carbonyl (C=O) groups is 1. The first-order chi connectivity index (χ1) is 10.1. The van der Waals surface area contributed by atoms with Crippen molar-refractivity contribution in [3.8, 4) is 0 Å². The van der Waals surface area contributed by atoms with Gasteiger partial charge in [-0.1, -0.05) is 26.2 Å². The number of rotatable bonds is 6. The van der Waals surface area contributed by atoms with Gasteiger partial charge in [0.05, 0.1) is 22.4 Å². The van der Waals surface area contributed by atoms with Crippen molar-refractivity contribution in [1.82, 2.24) is 9.97 Å². The highest BCUT2D eigenvalue weighted by molar-refractivity contribution is 5.92. The van der Waals surface area contributed by atoms with E-state index in [-0.39, 0.29) is 5.91 Å². The monoisotopic (exact) mass is 285 g/mol. The lowest BCUT2D eigenvalue weighted by atomic mass is 10.1.